The van der Waals surface area contributed by atoms with Crippen LogP contribution < -0.4 is 22.1 Å². The second-order valence-electron chi connectivity index (χ2n) is 2.45. The van der Waals surface area contributed by atoms with Crippen LogP contribution in [0.3, 0.4) is 0 Å². The van der Waals surface area contributed by atoms with Crippen molar-refractivity contribution >= 4 is 0 Å². The van der Waals surface area contributed by atoms with Gasteiger partial charge in [0.25, 0.3) is 0 Å². The molecule has 0 amide bonds. The van der Waals surface area contributed by atoms with Crippen molar-refractivity contribution in [2.45, 2.75) is 13.3 Å². The van der Waals surface area contributed by atoms with Gasteiger partial charge in [-0.1, -0.05) is 6.92 Å². The Morgan fingerprint density at radius 1 is 1.50 bits per heavy atom. The van der Waals surface area contributed by atoms with E-state index in [1.807, 2.05) is 0 Å². The quantitative estimate of drug-likeness (QED) is 0.292. The number of rotatable bonds is 3. The topological polar surface area (TPSA) is 62.1 Å². The predicted molar refractivity (Wildman–Crippen MR) is 38.7 cm³/mol. The molecule has 0 unspecified atom stereocenters. The summed E-state index contributed by atoms with van der Waals surface area (Å²) in [7, 11) is 0. The van der Waals surface area contributed by atoms with E-state index in [-0.39, 0.29) is 4.92 Å². The zero-order valence-corrected chi connectivity index (χ0v) is 6.35. The van der Waals surface area contributed by atoms with Crippen LogP contribution in [0.4, 0.5) is 0 Å². The molecule has 5 heteroatoms. The SMILES string of the molecule is CCCN[N+]1(N)NCCN1. The van der Waals surface area contributed by atoms with Crippen LogP contribution in [-0.2, 0) is 0 Å². The molecule has 1 fully saturated rings. The Labute approximate surface area is 61.0 Å². The molecule has 1 saturated heterocycles. The van der Waals surface area contributed by atoms with Gasteiger partial charge in [0.05, 0.1) is 19.6 Å². The molecule has 1 aliphatic heterocycles. The lowest BCUT2D eigenvalue weighted by Crippen LogP contribution is -2.72. The fourth-order valence-electron chi connectivity index (χ4n) is 0.920. The van der Waals surface area contributed by atoms with Gasteiger partial charge in [0, 0.05) is 0 Å². The minimum absolute atomic E-state index is 0.105. The van der Waals surface area contributed by atoms with Gasteiger partial charge < -0.3 is 0 Å². The fourth-order valence-corrected chi connectivity index (χ4v) is 0.920. The Hall–Kier alpha value is -0.200. The smallest absolute Gasteiger partial charge is 0.0687 e. The number of hydrogen-bond acceptors (Lipinski definition) is 4. The predicted octanol–water partition coefficient (Wildman–Crippen LogP) is -1.39. The Balaban J connectivity index is 2.22. The van der Waals surface area contributed by atoms with Crippen molar-refractivity contribution in [1.82, 2.24) is 16.3 Å². The molecule has 0 aromatic heterocycles. The van der Waals surface area contributed by atoms with Gasteiger partial charge in [0.2, 0.25) is 0 Å². The van der Waals surface area contributed by atoms with Gasteiger partial charge in [0.1, 0.15) is 0 Å². The van der Waals surface area contributed by atoms with Crippen molar-refractivity contribution in [2.24, 2.45) is 5.84 Å². The molecular formula is C5H16N5+. The largest absolute Gasteiger partial charge is 0.121 e. The zero-order valence-electron chi connectivity index (χ0n) is 6.35. The monoisotopic (exact) mass is 146 g/mol. The first kappa shape index (κ1) is 7.90. The summed E-state index contributed by atoms with van der Waals surface area (Å²) in [5.74, 6) is 5.75. The third-order valence-corrected chi connectivity index (χ3v) is 1.46. The van der Waals surface area contributed by atoms with E-state index in [1.165, 1.54) is 0 Å². The van der Waals surface area contributed by atoms with Gasteiger partial charge in [-0.15, -0.1) is 22.1 Å². The molecule has 1 aliphatic rings. The van der Waals surface area contributed by atoms with E-state index in [0.717, 1.165) is 26.1 Å². The average molecular weight is 146 g/mol. The van der Waals surface area contributed by atoms with Gasteiger partial charge in [-0.2, -0.15) is 0 Å². The van der Waals surface area contributed by atoms with Crippen LogP contribution in [0.2, 0.25) is 0 Å². The van der Waals surface area contributed by atoms with Crippen molar-refractivity contribution in [2.75, 3.05) is 19.6 Å². The van der Waals surface area contributed by atoms with Crippen molar-refractivity contribution in [1.29, 1.82) is 0 Å². The van der Waals surface area contributed by atoms with Crippen LogP contribution in [0.5, 0.6) is 0 Å². The summed E-state index contributed by atoms with van der Waals surface area (Å²) in [6, 6.07) is 0. The third-order valence-electron chi connectivity index (χ3n) is 1.46. The van der Waals surface area contributed by atoms with E-state index in [4.69, 9.17) is 5.84 Å². The fraction of sp³-hybridized carbons (Fsp3) is 1.00. The van der Waals surface area contributed by atoms with E-state index in [1.54, 1.807) is 0 Å². The van der Waals surface area contributed by atoms with E-state index >= 15 is 0 Å². The summed E-state index contributed by atoms with van der Waals surface area (Å²) < 4.78 is 0. The van der Waals surface area contributed by atoms with Gasteiger partial charge in [-0.3, -0.25) is 0 Å². The summed E-state index contributed by atoms with van der Waals surface area (Å²) in [5, 5.41) is 0. The van der Waals surface area contributed by atoms with E-state index in [9.17, 15) is 0 Å². The first-order valence-corrected chi connectivity index (χ1v) is 3.70. The lowest BCUT2D eigenvalue weighted by Gasteiger charge is -2.24. The highest BCUT2D eigenvalue weighted by Gasteiger charge is 2.27. The van der Waals surface area contributed by atoms with Crippen molar-refractivity contribution in [3.8, 4) is 0 Å². The molecule has 0 atom stereocenters. The minimum atomic E-state index is 0.105. The van der Waals surface area contributed by atoms with Crippen molar-refractivity contribution < 1.29 is 4.92 Å². The van der Waals surface area contributed by atoms with Crippen LogP contribution in [0.1, 0.15) is 13.3 Å². The summed E-state index contributed by atoms with van der Waals surface area (Å²) in [5.41, 5.74) is 9.22. The highest BCUT2D eigenvalue weighted by molar-refractivity contribution is 4.41. The third kappa shape index (κ3) is 1.89. The van der Waals surface area contributed by atoms with Crippen LogP contribution in [-0.4, -0.2) is 24.6 Å². The van der Waals surface area contributed by atoms with Crippen molar-refractivity contribution in [3.05, 3.63) is 0 Å². The zero-order chi connectivity index (χ0) is 7.45. The maximum absolute atomic E-state index is 5.75. The number of hydrogen-bond donors (Lipinski definition) is 4. The lowest BCUT2D eigenvalue weighted by atomic mass is 10.5. The molecule has 1 rings (SSSR count). The van der Waals surface area contributed by atoms with Crippen LogP contribution >= 0.6 is 0 Å². The second kappa shape index (κ2) is 3.27. The molecule has 1 heterocycles. The Morgan fingerprint density at radius 3 is 2.60 bits per heavy atom. The molecule has 0 radical (unpaired) electrons. The number of nitrogens with one attached hydrogen (secondary N) is 3. The maximum Gasteiger partial charge on any atom is 0.0687 e. The number of nitrogens with two attached hydrogens (primary N) is 1. The molecule has 5 N–H and O–H groups in total. The molecule has 60 valence electrons. The van der Waals surface area contributed by atoms with Crippen LogP contribution in [0.15, 0.2) is 0 Å². The normalized spacial score (nSPS) is 23.4. The first-order chi connectivity index (χ1) is 4.77. The molecule has 0 aromatic rings. The minimum Gasteiger partial charge on any atom is -0.121 e. The molecular weight excluding hydrogens is 130 g/mol. The van der Waals surface area contributed by atoms with Gasteiger partial charge in [-0.25, -0.2) is 0 Å². The van der Waals surface area contributed by atoms with Gasteiger partial charge >= 0.3 is 0 Å². The highest BCUT2D eigenvalue weighted by atomic mass is 16.1. The molecule has 10 heavy (non-hydrogen) atoms. The Morgan fingerprint density at radius 2 is 2.10 bits per heavy atom. The first-order valence-electron chi connectivity index (χ1n) is 3.70. The second-order valence-corrected chi connectivity index (χ2v) is 2.45. The average Bonchev–Trinajstić information content (AvgIpc) is 2.33. The standard InChI is InChI=1S/C5H16N5/c1-2-3-7-10(6)8-4-5-9-10/h7-9H,2-6H2,1H3/q+1. The van der Waals surface area contributed by atoms with Crippen molar-refractivity contribution in [3.63, 3.8) is 0 Å². The molecule has 0 spiro atoms. The molecule has 0 aromatic carbocycles. The van der Waals surface area contributed by atoms with E-state index in [2.05, 4.69) is 23.2 Å². The Bertz CT molecular complexity index is 98.2. The summed E-state index contributed by atoms with van der Waals surface area (Å²) in [4.78, 5) is 0.105. The summed E-state index contributed by atoms with van der Waals surface area (Å²) in [6.45, 7) is 4.84. The van der Waals surface area contributed by atoms with Gasteiger partial charge in [0.15, 0.2) is 0 Å². The van der Waals surface area contributed by atoms with Gasteiger partial charge in [-0.05, 0) is 11.3 Å². The number of nitrogens with zero attached hydrogens (tertiary/aromatic N) is 1. The highest BCUT2D eigenvalue weighted by Crippen LogP contribution is 1.85. The lowest BCUT2D eigenvalue weighted by molar-refractivity contribution is -1.05. The van der Waals surface area contributed by atoms with Crippen LogP contribution in [0.25, 0.3) is 0 Å². The maximum atomic E-state index is 5.75. The summed E-state index contributed by atoms with van der Waals surface area (Å²) >= 11 is 0. The molecule has 5 nitrogen and oxygen atoms in total. The van der Waals surface area contributed by atoms with E-state index in [0.29, 0.717) is 0 Å². The van der Waals surface area contributed by atoms with E-state index < -0.39 is 0 Å². The molecule has 0 bridgehead atoms. The summed E-state index contributed by atoms with van der Waals surface area (Å²) in [6.07, 6.45) is 1.08. The molecule has 0 saturated carbocycles. The Kier molecular flexibility index (Phi) is 2.58. The number of quaternary nitrogens is 1. The molecule has 0 aliphatic carbocycles. The van der Waals surface area contributed by atoms with Crippen LogP contribution in [0, 0.1) is 0 Å².